The van der Waals surface area contributed by atoms with Gasteiger partial charge >= 0.3 is 0 Å². The maximum absolute atomic E-state index is 12.7. The van der Waals surface area contributed by atoms with Crippen molar-refractivity contribution >= 4 is 45.0 Å². The quantitative estimate of drug-likeness (QED) is 0.543. The minimum atomic E-state index is -0.817. The molecule has 4 aromatic rings. The van der Waals surface area contributed by atoms with Crippen LogP contribution in [0.2, 0.25) is 10.0 Å². The molecule has 0 saturated heterocycles. The van der Waals surface area contributed by atoms with Crippen molar-refractivity contribution in [2.75, 3.05) is 0 Å². The predicted molar refractivity (Wildman–Crippen MR) is 100.0 cm³/mol. The van der Waals surface area contributed by atoms with Gasteiger partial charge in [0.1, 0.15) is 21.8 Å². The van der Waals surface area contributed by atoms with Gasteiger partial charge < -0.3 is 9.97 Å². The van der Waals surface area contributed by atoms with E-state index in [1.165, 1.54) is 18.5 Å². The van der Waals surface area contributed by atoms with Gasteiger partial charge in [0.2, 0.25) is 10.9 Å². The predicted octanol–water partition coefficient (Wildman–Crippen LogP) is 1.68. The molecule has 7 nitrogen and oxygen atoms in total. The Kier molecular flexibility index (Phi) is 3.71. The molecule has 2 aromatic carbocycles. The fourth-order valence-electron chi connectivity index (χ4n) is 3.03. The van der Waals surface area contributed by atoms with E-state index in [1.807, 2.05) is 0 Å². The molecule has 0 fully saturated rings. The maximum atomic E-state index is 12.7. The molecule has 0 atom stereocenters. The monoisotopic (exact) mass is 389 g/mol. The third-order valence-electron chi connectivity index (χ3n) is 4.13. The van der Waals surface area contributed by atoms with Crippen LogP contribution in [0.1, 0.15) is 5.56 Å². The molecule has 4 rings (SSSR count). The van der Waals surface area contributed by atoms with Crippen molar-refractivity contribution in [3.63, 3.8) is 0 Å². The Morgan fingerprint density at radius 1 is 0.769 bits per heavy atom. The molecule has 0 radical (unpaired) electrons. The smallest absolute Gasteiger partial charge is 0.266 e. The average molecular weight is 390 g/mol. The Hall–Kier alpha value is -2.90. The molecule has 130 valence electrons. The molecule has 2 heterocycles. The first-order valence-corrected chi connectivity index (χ1v) is 8.21. The van der Waals surface area contributed by atoms with Gasteiger partial charge in [-0.15, -0.1) is 0 Å². The minimum Gasteiger partial charge on any atom is -0.355 e. The van der Waals surface area contributed by atoms with Gasteiger partial charge in [-0.05, 0) is 23.8 Å². The summed E-state index contributed by atoms with van der Waals surface area (Å²) in [6, 6.07) is 4.61. The standard InChI is InChI=1S/C17H9Cl2N3O4/c18-8-3-7(4-9(19)5-8)6-22-16(25)10-11(17(22)26)15(24)13-12(14(10)23)20-1-2-21-13/h1-5,20-21H,6H2. The fourth-order valence-corrected chi connectivity index (χ4v) is 3.60. The van der Waals surface area contributed by atoms with E-state index in [0.29, 0.717) is 15.6 Å². The summed E-state index contributed by atoms with van der Waals surface area (Å²) in [5, 5.41) is -0.158. The number of aromatic nitrogens is 3. The van der Waals surface area contributed by atoms with Crippen LogP contribution >= 0.6 is 23.2 Å². The summed E-state index contributed by atoms with van der Waals surface area (Å²) >= 11 is 11.9. The van der Waals surface area contributed by atoms with Gasteiger partial charge in [0.25, 0.3) is 11.1 Å². The zero-order valence-corrected chi connectivity index (χ0v) is 14.4. The molecule has 0 amide bonds. The molecule has 2 N–H and O–H groups in total. The summed E-state index contributed by atoms with van der Waals surface area (Å²) in [5.74, 6) is 0. The molecule has 0 aliphatic carbocycles. The molecule has 2 aromatic heterocycles. The van der Waals surface area contributed by atoms with Crippen molar-refractivity contribution in [3.8, 4) is 0 Å². The largest absolute Gasteiger partial charge is 0.355 e. The van der Waals surface area contributed by atoms with Gasteiger partial charge in [-0.2, -0.15) is 0 Å². The number of benzene rings is 2. The number of aromatic amines is 2. The van der Waals surface area contributed by atoms with Gasteiger partial charge in [0.15, 0.2) is 0 Å². The minimum absolute atomic E-state index is 0.0509. The number of hydrogen-bond donors (Lipinski definition) is 2. The summed E-state index contributed by atoms with van der Waals surface area (Å²) in [6.45, 7) is -0.157. The van der Waals surface area contributed by atoms with E-state index in [0.717, 1.165) is 4.57 Å². The zero-order valence-electron chi connectivity index (χ0n) is 12.9. The number of H-pyrrole nitrogens is 2. The molecular weight excluding hydrogens is 381 g/mol. The molecule has 0 aliphatic heterocycles. The summed E-state index contributed by atoms with van der Waals surface area (Å²) in [5.41, 5.74) is -2.63. The second-order valence-electron chi connectivity index (χ2n) is 5.75. The van der Waals surface area contributed by atoms with Gasteiger partial charge in [0, 0.05) is 22.4 Å². The second kappa shape index (κ2) is 5.82. The summed E-state index contributed by atoms with van der Waals surface area (Å²) < 4.78 is 0.842. The summed E-state index contributed by atoms with van der Waals surface area (Å²) in [6.07, 6.45) is 2.84. The third kappa shape index (κ3) is 2.36. The Labute approximate surface area is 153 Å². The molecule has 0 spiro atoms. The zero-order chi connectivity index (χ0) is 18.6. The average Bonchev–Trinajstić information content (AvgIpc) is 2.84. The van der Waals surface area contributed by atoms with Crippen LogP contribution in [0.15, 0.2) is 49.8 Å². The topological polar surface area (TPSA) is 105 Å². The normalized spacial score (nSPS) is 11.5. The van der Waals surface area contributed by atoms with Crippen LogP contribution in [0.5, 0.6) is 0 Å². The van der Waals surface area contributed by atoms with Gasteiger partial charge in [0.05, 0.1) is 6.54 Å². The van der Waals surface area contributed by atoms with Gasteiger partial charge in [-0.1, -0.05) is 23.2 Å². The van der Waals surface area contributed by atoms with Crippen LogP contribution in [0.4, 0.5) is 0 Å². The number of hydrogen-bond acceptors (Lipinski definition) is 4. The second-order valence-corrected chi connectivity index (χ2v) is 6.63. The lowest BCUT2D eigenvalue weighted by atomic mass is 10.1. The molecule has 9 heteroatoms. The SMILES string of the molecule is O=c1c2[nH]cc[nH]c2c(=O)c2c(=O)n(Cc3cc(Cl)cc(Cl)c3)c(=O)c12. The van der Waals surface area contributed by atoms with E-state index >= 15 is 0 Å². The first kappa shape index (κ1) is 16.6. The fraction of sp³-hybridized carbons (Fsp3) is 0.0588. The summed E-state index contributed by atoms with van der Waals surface area (Å²) in [4.78, 5) is 55.8. The molecule has 0 saturated carbocycles. The van der Waals surface area contributed by atoms with E-state index < -0.39 is 32.7 Å². The Morgan fingerprint density at radius 2 is 1.23 bits per heavy atom. The molecule has 0 unspecified atom stereocenters. The summed E-state index contributed by atoms with van der Waals surface area (Å²) in [7, 11) is 0. The van der Waals surface area contributed by atoms with Crippen molar-refractivity contribution in [2.24, 2.45) is 0 Å². The highest BCUT2D eigenvalue weighted by molar-refractivity contribution is 6.34. The molecular formula is C17H9Cl2N3O4. The Balaban J connectivity index is 2.08. The molecule has 0 aliphatic rings. The lowest BCUT2D eigenvalue weighted by Gasteiger charge is -2.03. The van der Waals surface area contributed by atoms with E-state index in [1.54, 1.807) is 12.1 Å². The van der Waals surface area contributed by atoms with Crippen molar-refractivity contribution in [1.29, 1.82) is 0 Å². The molecule has 26 heavy (non-hydrogen) atoms. The maximum Gasteiger partial charge on any atom is 0.266 e. The first-order valence-electron chi connectivity index (χ1n) is 7.45. The highest BCUT2D eigenvalue weighted by atomic mass is 35.5. The van der Waals surface area contributed by atoms with E-state index in [4.69, 9.17) is 23.2 Å². The third-order valence-corrected chi connectivity index (χ3v) is 4.56. The Bertz CT molecular complexity index is 1320. The highest BCUT2D eigenvalue weighted by Gasteiger charge is 2.22. The van der Waals surface area contributed by atoms with Crippen LogP contribution in [0.25, 0.3) is 21.8 Å². The number of rotatable bonds is 2. The van der Waals surface area contributed by atoms with Crippen LogP contribution in [-0.4, -0.2) is 14.5 Å². The lowest BCUT2D eigenvalue weighted by molar-refractivity contribution is 0.754. The van der Waals surface area contributed by atoms with Crippen molar-refractivity contribution in [1.82, 2.24) is 14.5 Å². The van der Waals surface area contributed by atoms with Gasteiger partial charge in [-0.25, -0.2) is 0 Å². The molecule has 0 bridgehead atoms. The van der Waals surface area contributed by atoms with Gasteiger partial charge in [-0.3, -0.25) is 23.7 Å². The lowest BCUT2D eigenvalue weighted by Crippen LogP contribution is -2.27. The van der Waals surface area contributed by atoms with E-state index in [2.05, 4.69) is 9.97 Å². The number of fused-ring (bicyclic) bond motifs is 2. The number of nitrogens with one attached hydrogen (secondary N) is 2. The van der Waals surface area contributed by atoms with E-state index in [-0.39, 0.29) is 17.6 Å². The van der Waals surface area contributed by atoms with E-state index in [9.17, 15) is 19.2 Å². The van der Waals surface area contributed by atoms with Crippen LogP contribution in [-0.2, 0) is 6.54 Å². The van der Waals surface area contributed by atoms with Crippen LogP contribution in [0, 0.1) is 0 Å². The van der Waals surface area contributed by atoms with Crippen molar-refractivity contribution in [3.05, 3.63) is 87.4 Å². The number of nitrogens with zero attached hydrogens (tertiary/aromatic N) is 1. The highest BCUT2D eigenvalue weighted by Crippen LogP contribution is 2.19. The van der Waals surface area contributed by atoms with Crippen molar-refractivity contribution < 1.29 is 0 Å². The van der Waals surface area contributed by atoms with Crippen LogP contribution < -0.4 is 22.0 Å². The Morgan fingerprint density at radius 3 is 1.69 bits per heavy atom. The van der Waals surface area contributed by atoms with Crippen LogP contribution in [0.3, 0.4) is 0 Å². The first-order chi connectivity index (χ1) is 12.4. The van der Waals surface area contributed by atoms with Crippen molar-refractivity contribution in [2.45, 2.75) is 6.54 Å². The number of halogens is 2.